The predicted molar refractivity (Wildman–Crippen MR) is 82.0 cm³/mol. The minimum absolute atomic E-state index is 0.301. The molecule has 0 heterocycles. The van der Waals surface area contributed by atoms with Crippen molar-refractivity contribution in [1.29, 1.82) is 0 Å². The topological polar surface area (TPSA) is 26.3 Å². The Kier molecular flexibility index (Phi) is 5.02. The first-order valence-corrected chi connectivity index (χ1v) is 7.20. The molecule has 0 radical (unpaired) electrons. The van der Waals surface area contributed by atoms with Crippen molar-refractivity contribution in [1.82, 2.24) is 0 Å². The summed E-state index contributed by atoms with van der Waals surface area (Å²) in [5.41, 5.74) is 2.97. The summed E-state index contributed by atoms with van der Waals surface area (Å²) < 4.78 is 5.33. The Hall–Kier alpha value is -1.54. The molecule has 2 nitrogen and oxygen atoms in total. The maximum Gasteiger partial charge on any atom is 0.338 e. The minimum atomic E-state index is -0.301. The molecule has 0 aromatic heterocycles. The van der Waals surface area contributed by atoms with E-state index in [1.807, 2.05) is 0 Å². The Balaban J connectivity index is 1.85. The number of allylic oxidation sites excluding steroid dienone is 2. The van der Waals surface area contributed by atoms with E-state index in [1.165, 1.54) is 11.1 Å². The lowest BCUT2D eigenvalue weighted by atomic mass is 9.86. The fraction of sp³-hybridized carbons (Fsp3) is 0.353. The highest BCUT2D eigenvalue weighted by molar-refractivity contribution is 6.30. The first-order valence-electron chi connectivity index (χ1n) is 6.82. The van der Waals surface area contributed by atoms with Crippen molar-refractivity contribution >= 4 is 17.6 Å². The molecule has 0 unspecified atom stereocenters. The average molecular weight is 291 g/mol. The van der Waals surface area contributed by atoms with Gasteiger partial charge in [-0.15, -0.1) is 0 Å². The molecule has 1 aliphatic rings. The normalized spacial score (nSPS) is 18.3. The van der Waals surface area contributed by atoms with Gasteiger partial charge in [0, 0.05) is 5.02 Å². The van der Waals surface area contributed by atoms with Crippen molar-refractivity contribution in [2.45, 2.75) is 26.2 Å². The zero-order valence-electron chi connectivity index (χ0n) is 11.7. The third kappa shape index (κ3) is 3.97. The van der Waals surface area contributed by atoms with E-state index < -0.39 is 0 Å². The lowest BCUT2D eigenvalue weighted by Gasteiger charge is -2.21. The molecule has 3 heteroatoms. The van der Waals surface area contributed by atoms with Crippen molar-refractivity contribution in [3.63, 3.8) is 0 Å². The van der Waals surface area contributed by atoms with Crippen LogP contribution in [0.5, 0.6) is 0 Å². The number of hydrogen-bond acceptors (Lipinski definition) is 2. The fourth-order valence-corrected chi connectivity index (χ4v) is 2.42. The molecule has 20 heavy (non-hydrogen) atoms. The number of carbonyl (C=O) groups is 1. The first-order chi connectivity index (χ1) is 9.56. The van der Waals surface area contributed by atoms with Crippen LogP contribution in [0, 0.1) is 5.92 Å². The van der Waals surface area contributed by atoms with Gasteiger partial charge in [-0.25, -0.2) is 4.79 Å². The molecule has 0 amide bonds. The predicted octanol–water partition coefficient (Wildman–Crippen LogP) is 4.80. The Labute approximate surface area is 125 Å². The highest BCUT2D eigenvalue weighted by Crippen LogP contribution is 2.28. The monoisotopic (exact) mass is 290 g/mol. The molecule has 0 aliphatic heterocycles. The summed E-state index contributed by atoms with van der Waals surface area (Å²) in [5, 5.41) is 0.613. The number of halogens is 1. The third-order valence-electron chi connectivity index (χ3n) is 3.67. The summed E-state index contributed by atoms with van der Waals surface area (Å²) in [7, 11) is 0. The molecule has 0 spiro atoms. The summed E-state index contributed by atoms with van der Waals surface area (Å²) in [6, 6.07) is 6.74. The van der Waals surface area contributed by atoms with Gasteiger partial charge in [-0.3, -0.25) is 0 Å². The van der Waals surface area contributed by atoms with E-state index in [2.05, 4.69) is 19.6 Å². The van der Waals surface area contributed by atoms with Crippen LogP contribution in [0.25, 0.3) is 0 Å². The van der Waals surface area contributed by atoms with Crippen LogP contribution in [-0.2, 0) is 4.74 Å². The second-order valence-electron chi connectivity index (χ2n) is 5.26. The van der Waals surface area contributed by atoms with Gasteiger partial charge in [0.05, 0.1) is 5.56 Å². The fourth-order valence-electron chi connectivity index (χ4n) is 2.29. The van der Waals surface area contributed by atoms with E-state index in [0.29, 0.717) is 23.1 Å². The van der Waals surface area contributed by atoms with Gasteiger partial charge < -0.3 is 4.74 Å². The molecular formula is C17H19ClO2. The number of hydrogen-bond donors (Lipinski definition) is 0. The zero-order chi connectivity index (χ0) is 14.5. The Morgan fingerprint density at radius 1 is 1.40 bits per heavy atom. The number of ether oxygens (including phenoxy) is 1. The molecule has 2 rings (SSSR count). The molecule has 0 fully saturated rings. The van der Waals surface area contributed by atoms with Crippen molar-refractivity contribution in [2.24, 2.45) is 5.92 Å². The van der Waals surface area contributed by atoms with Crippen LogP contribution in [0.2, 0.25) is 5.02 Å². The van der Waals surface area contributed by atoms with Crippen LogP contribution in [0.4, 0.5) is 0 Å². The summed E-state index contributed by atoms with van der Waals surface area (Å²) in [6.45, 7) is 6.45. The number of carbonyl (C=O) groups excluding carboxylic acids is 1. The Morgan fingerprint density at radius 3 is 2.65 bits per heavy atom. The average Bonchev–Trinajstić information content (AvgIpc) is 2.46. The van der Waals surface area contributed by atoms with E-state index >= 15 is 0 Å². The van der Waals surface area contributed by atoms with Gasteiger partial charge in [-0.05, 0) is 61.9 Å². The van der Waals surface area contributed by atoms with Crippen LogP contribution < -0.4 is 0 Å². The van der Waals surface area contributed by atoms with Gasteiger partial charge in [-0.2, -0.15) is 0 Å². The smallest absolute Gasteiger partial charge is 0.338 e. The van der Waals surface area contributed by atoms with Crippen molar-refractivity contribution in [2.75, 3.05) is 6.61 Å². The maximum absolute atomic E-state index is 11.9. The van der Waals surface area contributed by atoms with E-state index in [0.717, 1.165) is 19.3 Å². The van der Waals surface area contributed by atoms with E-state index in [1.54, 1.807) is 24.3 Å². The summed E-state index contributed by atoms with van der Waals surface area (Å²) in [5.74, 6) is 0.273. The van der Waals surface area contributed by atoms with Gasteiger partial charge in [0.2, 0.25) is 0 Å². The lowest BCUT2D eigenvalue weighted by molar-refractivity contribution is 0.0535. The van der Waals surface area contributed by atoms with Gasteiger partial charge >= 0.3 is 5.97 Å². The maximum atomic E-state index is 11.9. The zero-order valence-corrected chi connectivity index (χ0v) is 12.5. The van der Waals surface area contributed by atoms with Crippen LogP contribution in [0.15, 0.2) is 48.1 Å². The summed E-state index contributed by atoms with van der Waals surface area (Å²) >= 11 is 5.79. The van der Waals surface area contributed by atoms with Crippen molar-refractivity contribution in [3.05, 3.63) is 58.7 Å². The Bertz CT molecular complexity index is 528. The first kappa shape index (κ1) is 14.9. The molecule has 106 valence electrons. The van der Waals surface area contributed by atoms with Crippen LogP contribution in [0.1, 0.15) is 36.5 Å². The number of rotatable bonds is 4. The summed E-state index contributed by atoms with van der Waals surface area (Å²) in [4.78, 5) is 11.9. The molecule has 0 saturated heterocycles. The minimum Gasteiger partial charge on any atom is -0.458 e. The number of esters is 1. The van der Waals surface area contributed by atoms with E-state index in [4.69, 9.17) is 16.3 Å². The second kappa shape index (κ2) is 6.76. The number of benzene rings is 1. The quantitative estimate of drug-likeness (QED) is 0.588. The van der Waals surface area contributed by atoms with Gasteiger partial charge in [0.1, 0.15) is 6.61 Å². The van der Waals surface area contributed by atoms with Crippen molar-refractivity contribution < 1.29 is 9.53 Å². The van der Waals surface area contributed by atoms with Crippen LogP contribution in [0.3, 0.4) is 0 Å². The highest BCUT2D eigenvalue weighted by atomic mass is 35.5. The lowest BCUT2D eigenvalue weighted by Crippen LogP contribution is -2.12. The van der Waals surface area contributed by atoms with Gasteiger partial charge in [0.15, 0.2) is 0 Å². The van der Waals surface area contributed by atoms with Crippen LogP contribution >= 0.6 is 11.6 Å². The molecule has 1 aliphatic carbocycles. The molecular weight excluding hydrogens is 272 g/mol. The largest absolute Gasteiger partial charge is 0.458 e. The molecule has 0 bridgehead atoms. The van der Waals surface area contributed by atoms with Crippen molar-refractivity contribution in [3.8, 4) is 0 Å². The van der Waals surface area contributed by atoms with E-state index in [-0.39, 0.29) is 5.97 Å². The molecule has 1 aromatic rings. The standard InChI is InChI=1S/C17H19ClO2/c1-12(2)14-5-3-13(4-6-14)11-20-17(19)15-7-9-16(18)10-8-15/h3,7-10,14H,1,4-6,11H2,2H3/t14-/m1/s1. The second-order valence-corrected chi connectivity index (χ2v) is 5.70. The van der Waals surface area contributed by atoms with Crippen LogP contribution in [-0.4, -0.2) is 12.6 Å². The van der Waals surface area contributed by atoms with Gasteiger partial charge in [0.25, 0.3) is 0 Å². The molecule has 0 saturated carbocycles. The van der Waals surface area contributed by atoms with Gasteiger partial charge in [-0.1, -0.05) is 29.8 Å². The Morgan fingerprint density at radius 2 is 2.10 bits per heavy atom. The molecule has 1 aromatic carbocycles. The van der Waals surface area contributed by atoms with E-state index in [9.17, 15) is 4.79 Å². The third-order valence-corrected chi connectivity index (χ3v) is 3.92. The molecule has 0 N–H and O–H groups in total. The summed E-state index contributed by atoms with van der Waals surface area (Å²) in [6.07, 6.45) is 5.26. The highest BCUT2D eigenvalue weighted by Gasteiger charge is 2.16. The molecule has 1 atom stereocenters. The SMILES string of the molecule is C=C(C)[C@@H]1CC=C(COC(=O)c2ccc(Cl)cc2)CC1.